The summed E-state index contributed by atoms with van der Waals surface area (Å²) < 4.78 is 0. The lowest BCUT2D eigenvalue weighted by Crippen LogP contribution is -2.01. The van der Waals surface area contributed by atoms with E-state index in [4.69, 9.17) is 0 Å². The van der Waals surface area contributed by atoms with E-state index in [9.17, 15) is 0 Å². The van der Waals surface area contributed by atoms with E-state index >= 15 is 0 Å². The van der Waals surface area contributed by atoms with Gasteiger partial charge in [-0.3, -0.25) is 0 Å². The molecule has 0 unspecified atom stereocenters. The number of nitrogens with one attached hydrogen (secondary N) is 1. The Labute approximate surface area is 38.2 Å². The van der Waals surface area contributed by atoms with Crippen LogP contribution in [0.2, 0.25) is 0 Å². The van der Waals surface area contributed by atoms with Gasteiger partial charge in [-0.1, -0.05) is 0 Å². The van der Waals surface area contributed by atoms with Crippen molar-refractivity contribution in [1.29, 1.82) is 0 Å². The highest BCUT2D eigenvalue weighted by atomic mass is 15.3. The van der Waals surface area contributed by atoms with Gasteiger partial charge in [0.25, 0.3) is 0 Å². The summed E-state index contributed by atoms with van der Waals surface area (Å²) in [6, 6.07) is 0. The van der Waals surface area contributed by atoms with Crippen molar-refractivity contribution in [1.82, 2.24) is 5.43 Å². The molecule has 0 spiro atoms. The van der Waals surface area contributed by atoms with Crippen LogP contribution in [0.25, 0.3) is 0 Å². The number of hydrogen-bond donors (Lipinski definition) is 1. The summed E-state index contributed by atoms with van der Waals surface area (Å²) in [5.74, 6) is 0. The van der Waals surface area contributed by atoms with Crippen molar-refractivity contribution in [3.63, 3.8) is 0 Å². The molecule has 0 amide bonds. The number of hydrogen-bond acceptors (Lipinski definition) is 2. The Kier molecular flexibility index (Phi) is 4.08. The molecule has 36 valence electrons. The summed E-state index contributed by atoms with van der Waals surface area (Å²) in [6.07, 6.45) is 1.73. The topological polar surface area (TPSA) is 24.4 Å². The lowest BCUT2D eigenvalue weighted by molar-refractivity contribution is 0.787. The van der Waals surface area contributed by atoms with Crippen LogP contribution in [0.5, 0.6) is 0 Å². The smallest absolute Gasteiger partial charge is 0.0301 e. The number of rotatable bonds is 2. The third kappa shape index (κ3) is 3.47. The van der Waals surface area contributed by atoms with Gasteiger partial charge in [0.1, 0.15) is 0 Å². The summed E-state index contributed by atoms with van der Waals surface area (Å²) in [5, 5.41) is 3.72. The third-order valence-electron chi connectivity index (χ3n) is 0.379. The largest absolute Gasteiger partial charge is 0.311 e. The molecule has 0 aromatic heterocycles. The second-order valence-corrected chi connectivity index (χ2v) is 0.899. The van der Waals surface area contributed by atoms with E-state index in [2.05, 4.69) is 10.5 Å². The van der Waals surface area contributed by atoms with Crippen LogP contribution in [-0.2, 0) is 0 Å². The first-order valence-electron chi connectivity index (χ1n) is 2.12. The van der Waals surface area contributed by atoms with E-state index in [1.165, 1.54) is 0 Å². The summed E-state index contributed by atoms with van der Waals surface area (Å²) in [5.41, 5.74) is 2.77. The molecule has 0 aliphatic heterocycles. The van der Waals surface area contributed by atoms with Gasteiger partial charge in [-0.05, 0) is 13.8 Å². The van der Waals surface area contributed by atoms with Gasteiger partial charge in [-0.15, -0.1) is 0 Å². The highest BCUT2D eigenvalue weighted by molar-refractivity contribution is 5.52. The van der Waals surface area contributed by atoms with Crippen molar-refractivity contribution >= 4 is 6.21 Å². The zero-order valence-corrected chi connectivity index (χ0v) is 4.23. The molecule has 6 heavy (non-hydrogen) atoms. The van der Waals surface area contributed by atoms with Crippen LogP contribution in [0.1, 0.15) is 13.8 Å². The van der Waals surface area contributed by atoms with Crippen LogP contribution in [0, 0.1) is 0 Å². The molecule has 0 rings (SSSR count). The molecule has 0 atom stereocenters. The number of nitrogens with zero attached hydrogens (tertiary/aromatic N) is 1. The van der Waals surface area contributed by atoms with E-state index in [1.54, 1.807) is 6.21 Å². The van der Waals surface area contributed by atoms with Crippen LogP contribution in [0.15, 0.2) is 5.10 Å². The van der Waals surface area contributed by atoms with Crippen LogP contribution in [-0.4, -0.2) is 12.8 Å². The normalized spacial score (nSPS) is 9.67. The maximum Gasteiger partial charge on any atom is 0.0301 e. The molecule has 0 bridgehead atoms. The second-order valence-electron chi connectivity index (χ2n) is 0.899. The molecular weight excluding hydrogens is 76.1 g/mol. The van der Waals surface area contributed by atoms with Crippen molar-refractivity contribution in [2.24, 2.45) is 5.10 Å². The Hall–Kier alpha value is -0.530. The van der Waals surface area contributed by atoms with Gasteiger partial charge in [0, 0.05) is 12.8 Å². The van der Waals surface area contributed by atoms with E-state index in [0.717, 1.165) is 6.54 Å². The van der Waals surface area contributed by atoms with Gasteiger partial charge in [0.15, 0.2) is 0 Å². The van der Waals surface area contributed by atoms with Crippen molar-refractivity contribution < 1.29 is 0 Å². The highest BCUT2D eigenvalue weighted by Gasteiger charge is 1.58. The van der Waals surface area contributed by atoms with E-state index in [1.807, 2.05) is 13.8 Å². The van der Waals surface area contributed by atoms with Gasteiger partial charge >= 0.3 is 0 Å². The monoisotopic (exact) mass is 86.1 g/mol. The first-order chi connectivity index (χ1) is 2.91. The first-order valence-corrected chi connectivity index (χ1v) is 2.12. The van der Waals surface area contributed by atoms with Crippen molar-refractivity contribution in [3.8, 4) is 0 Å². The molecule has 0 aromatic carbocycles. The minimum Gasteiger partial charge on any atom is -0.311 e. The molecule has 0 heterocycles. The molecule has 0 radical (unpaired) electrons. The third-order valence-corrected chi connectivity index (χ3v) is 0.379. The Morgan fingerprint density at radius 2 is 2.50 bits per heavy atom. The Morgan fingerprint density at radius 1 is 1.83 bits per heavy atom. The standard InChI is InChI=1S/C4H10N2/c1-3-5-6-4-2/h3,6H,4H2,1-2H3/b5-3+. The maximum atomic E-state index is 3.72. The molecule has 0 saturated heterocycles. The summed E-state index contributed by atoms with van der Waals surface area (Å²) in [6.45, 7) is 4.79. The SMILES string of the molecule is C/C=N/NCC. The van der Waals surface area contributed by atoms with Crippen LogP contribution in [0.3, 0.4) is 0 Å². The Bertz CT molecular complexity index is 40.8. The molecule has 2 nitrogen and oxygen atoms in total. The van der Waals surface area contributed by atoms with Gasteiger partial charge in [-0.2, -0.15) is 5.10 Å². The lowest BCUT2D eigenvalue weighted by atomic mass is 10.8. The fourth-order valence-electron chi connectivity index (χ4n) is 0.183. The molecule has 1 N–H and O–H groups in total. The minimum absolute atomic E-state index is 0.907. The van der Waals surface area contributed by atoms with E-state index in [0.29, 0.717) is 0 Å². The fraction of sp³-hybridized carbons (Fsp3) is 0.750. The first kappa shape index (κ1) is 5.47. The highest BCUT2D eigenvalue weighted by Crippen LogP contribution is 1.51. The quantitative estimate of drug-likeness (QED) is 0.386. The van der Waals surface area contributed by atoms with Crippen molar-refractivity contribution in [2.45, 2.75) is 13.8 Å². The average molecular weight is 86.1 g/mol. The van der Waals surface area contributed by atoms with Crippen LogP contribution >= 0.6 is 0 Å². The van der Waals surface area contributed by atoms with E-state index < -0.39 is 0 Å². The lowest BCUT2D eigenvalue weighted by Gasteiger charge is -1.85. The summed E-state index contributed by atoms with van der Waals surface area (Å²) >= 11 is 0. The number of hydrazone groups is 1. The predicted molar refractivity (Wildman–Crippen MR) is 27.8 cm³/mol. The average Bonchev–Trinajstić information content (AvgIpc) is 1.61. The second kappa shape index (κ2) is 4.47. The van der Waals surface area contributed by atoms with Gasteiger partial charge in [-0.25, -0.2) is 0 Å². The van der Waals surface area contributed by atoms with Crippen molar-refractivity contribution in [2.75, 3.05) is 6.54 Å². The maximum absolute atomic E-state index is 3.72. The Balaban J connectivity index is 2.66. The van der Waals surface area contributed by atoms with Gasteiger partial charge in [0.05, 0.1) is 0 Å². The molecule has 0 fully saturated rings. The zero-order valence-electron chi connectivity index (χ0n) is 4.23. The molecule has 2 heteroatoms. The molecule has 0 aliphatic carbocycles. The molecule has 0 aromatic rings. The van der Waals surface area contributed by atoms with E-state index in [-0.39, 0.29) is 0 Å². The summed E-state index contributed by atoms with van der Waals surface area (Å²) in [4.78, 5) is 0. The van der Waals surface area contributed by atoms with Gasteiger partial charge < -0.3 is 5.43 Å². The predicted octanol–water partition coefficient (Wildman–Crippen LogP) is 0.602. The minimum atomic E-state index is 0.907. The molecule has 0 aliphatic rings. The fourth-order valence-corrected chi connectivity index (χ4v) is 0.183. The molecular formula is C4H10N2. The zero-order chi connectivity index (χ0) is 4.83. The Morgan fingerprint density at radius 3 is 2.67 bits per heavy atom. The van der Waals surface area contributed by atoms with Crippen molar-refractivity contribution in [3.05, 3.63) is 0 Å². The summed E-state index contributed by atoms with van der Waals surface area (Å²) in [7, 11) is 0. The van der Waals surface area contributed by atoms with Crippen LogP contribution < -0.4 is 5.43 Å². The van der Waals surface area contributed by atoms with Crippen LogP contribution in [0.4, 0.5) is 0 Å². The van der Waals surface area contributed by atoms with Gasteiger partial charge in [0.2, 0.25) is 0 Å². The molecule has 0 saturated carbocycles.